The van der Waals surface area contributed by atoms with Gasteiger partial charge in [-0.2, -0.15) is 0 Å². The topological polar surface area (TPSA) is 71.4 Å². The van der Waals surface area contributed by atoms with Crippen molar-refractivity contribution in [1.82, 2.24) is 14.8 Å². The van der Waals surface area contributed by atoms with Crippen molar-refractivity contribution in [2.24, 2.45) is 0 Å². The summed E-state index contributed by atoms with van der Waals surface area (Å²) in [5.74, 6) is -0.668. The maximum atomic E-state index is 13.2. The van der Waals surface area contributed by atoms with E-state index in [2.05, 4.69) is 5.32 Å². The van der Waals surface area contributed by atoms with Crippen LogP contribution in [-0.2, 0) is 6.54 Å². The minimum atomic E-state index is -0.466. The Morgan fingerprint density at radius 1 is 0.968 bits per heavy atom. The third-order valence-electron chi connectivity index (χ3n) is 6.61. The third kappa shape index (κ3) is 4.73. The number of carbonyl (C=O) groups excluding carboxylic acids is 2. The van der Waals surface area contributed by atoms with E-state index in [9.17, 15) is 14.4 Å². The van der Waals surface area contributed by atoms with Crippen LogP contribution in [0.5, 0.6) is 0 Å². The van der Waals surface area contributed by atoms with Crippen molar-refractivity contribution in [3.63, 3.8) is 0 Å². The van der Waals surface area contributed by atoms with Crippen LogP contribution in [0.15, 0.2) is 41.5 Å². The molecule has 2 amide bonds. The highest BCUT2D eigenvalue weighted by molar-refractivity contribution is 5.99. The molecule has 1 aromatic heterocycles. The zero-order chi connectivity index (χ0) is 21.8. The number of carbonyl (C=O) groups is 2. The summed E-state index contributed by atoms with van der Waals surface area (Å²) in [6.07, 6.45) is 10.6. The fraction of sp³-hybridized carbons (Fsp3) is 0.480. The lowest BCUT2D eigenvalue weighted by atomic mass is 10.1. The lowest BCUT2D eigenvalue weighted by Gasteiger charge is -2.27. The third-order valence-corrected chi connectivity index (χ3v) is 6.61. The van der Waals surface area contributed by atoms with E-state index in [1.165, 1.54) is 0 Å². The second kappa shape index (κ2) is 9.50. The van der Waals surface area contributed by atoms with Crippen LogP contribution in [0.3, 0.4) is 0 Å². The Balaban J connectivity index is 1.64. The van der Waals surface area contributed by atoms with Gasteiger partial charge in [-0.05, 0) is 50.2 Å². The van der Waals surface area contributed by atoms with Crippen LogP contribution in [0.25, 0.3) is 0 Å². The molecule has 2 aliphatic rings. The number of hydrogen-bond acceptors (Lipinski definition) is 3. The highest BCUT2D eigenvalue weighted by Crippen LogP contribution is 2.29. The number of rotatable bonds is 5. The molecule has 0 unspecified atom stereocenters. The van der Waals surface area contributed by atoms with E-state index in [4.69, 9.17) is 0 Å². The van der Waals surface area contributed by atoms with Gasteiger partial charge in [0.2, 0.25) is 5.43 Å². The Kier molecular flexibility index (Phi) is 6.54. The summed E-state index contributed by atoms with van der Waals surface area (Å²) in [6.45, 7) is 3.68. The van der Waals surface area contributed by atoms with E-state index in [1.54, 1.807) is 17.3 Å². The van der Waals surface area contributed by atoms with Crippen LogP contribution in [0.4, 0.5) is 0 Å². The van der Waals surface area contributed by atoms with Gasteiger partial charge in [-0.3, -0.25) is 14.4 Å². The summed E-state index contributed by atoms with van der Waals surface area (Å²) < 4.78 is 1.94. The van der Waals surface area contributed by atoms with Crippen molar-refractivity contribution in [2.75, 3.05) is 13.1 Å². The second-order valence-electron chi connectivity index (χ2n) is 8.76. The quantitative estimate of drug-likeness (QED) is 0.798. The number of nitrogens with one attached hydrogen (secondary N) is 1. The monoisotopic (exact) mass is 421 g/mol. The normalized spacial score (nSPS) is 17.0. The first-order valence-electron chi connectivity index (χ1n) is 11.4. The van der Waals surface area contributed by atoms with Gasteiger partial charge in [-0.1, -0.05) is 37.1 Å². The predicted octanol–water partition coefficient (Wildman–Crippen LogP) is 3.83. The second-order valence-corrected chi connectivity index (χ2v) is 8.76. The number of likely N-dealkylation sites (tertiary alicyclic amines) is 1. The Labute approximate surface area is 183 Å². The first kappa shape index (κ1) is 21.3. The van der Waals surface area contributed by atoms with Gasteiger partial charge in [0, 0.05) is 38.1 Å². The lowest BCUT2D eigenvalue weighted by molar-refractivity contribution is 0.0722. The van der Waals surface area contributed by atoms with Gasteiger partial charge in [0.1, 0.15) is 11.1 Å². The molecule has 1 saturated heterocycles. The SMILES string of the molecule is Cc1ccccc1CNC(=O)c1cn(C2CCCC2)cc(C(=O)N2CCCCC2)c1=O. The summed E-state index contributed by atoms with van der Waals surface area (Å²) in [5.41, 5.74) is 1.81. The molecule has 1 saturated carbocycles. The van der Waals surface area contributed by atoms with Crippen molar-refractivity contribution < 1.29 is 9.59 Å². The molecule has 1 aliphatic carbocycles. The maximum absolute atomic E-state index is 13.2. The van der Waals surface area contributed by atoms with Crippen molar-refractivity contribution in [2.45, 2.75) is 64.5 Å². The molecule has 0 atom stereocenters. The van der Waals surface area contributed by atoms with E-state index in [-0.39, 0.29) is 23.1 Å². The number of pyridine rings is 1. The lowest BCUT2D eigenvalue weighted by Crippen LogP contribution is -2.40. The molecule has 6 nitrogen and oxygen atoms in total. The molecule has 0 radical (unpaired) electrons. The van der Waals surface area contributed by atoms with Gasteiger partial charge in [0.05, 0.1) is 0 Å². The van der Waals surface area contributed by atoms with Crippen LogP contribution in [-0.4, -0.2) is 34.4 Å². The van der Waals surface area contributed by atoms with Crippen LogP contribution in [0.1, 0.15) is 82.8 Å². The highest BCUT2D eigenvalue weighted by Gasteiger charge is 2.26. The number of piperidine rings is 1. The maximum Gasteiger partial charge on any atom is 0.259 e. The summed E-state index contributed by atoms with van der Waals surface area (Å²) in [6, 6.07) is 8.07. The largest absolute Gasteiger partial charge is 0.349 e. The summed E-state index contributed by atoms with van der Waals surface area (Å²) >= 11 is 0. The molecule has 1 N–H and O–H groups in total. The minimum absolute atomic E-state index is 0.0587. The molecule has 1 aliphatic heterocycles. The Morgan fingerprint density at radius 2 is 1.65 bits per heavy atom. The van der Waals surface area contributed by atoms with Crippen LogP contribution in [0.2, 0.25) is 0 Å². The van der Waals surface area contributed by atoms with Crippen LogP contribution < -0.4 is 10.7 Å². The fourth-order valence-corrected chi connectivity index (χ4v) is 4.67. The number of aromatic nitrogens is 1. The average Bonchev–Trinajstić information content (AvgIpc) is 3.34. The summed E-state index contributed by atoms with van der Waals surface area (Å²) in [5, 5.41) is 2.88. The first-order valence-corrected chi connectivity index (χ1v) is 11.4. The summed E-state index contributed by atoms with van der Waals surface area (Å²) in [4.78, 5) is 41.2. The van der Waals surface area contributed by atoms with Gasteiger partial charge in [0.15, 0.2) is 0 Å². The van der Waals surface area contributed by atoms with Gasteiger partial charge >= 0.3 is 0 Å². The minimum Gasteiger partial charge on any atom is -0.349 e. The van der Waals surface area contributed by atoms with E-state index in [1.807, 2.05) is 35.8 Å². The zero-order valence-electron chi connectivity index (χ0n) is 18.2. The van der Waals surface area contributed by atoms with Crippen LogP contribution >= 0.6 is 0 Å². The van der Waals surface area contributed by atoms with Crippen LogP contribution in [0, 0.1) is 6.92 Å². The number of nitrogens with zero attached hydrogens (tertiary/aromatic N) is 2. The van der Waals surface area contributed by atoms with Crippen molar-refractivity contribution in [3.05, 3.63) is 69.1 Å². The number of benzene rings is 1. The molecule has 4 rings (SSSR count). The van der Waals surface area contributed by atoms with E-state index >= 15 is 0 Å². The van der Waals surface area contributed by atoms with E-state index in [0.717, 1.165) is 56.1 Å². The molecular formula is C25H31N3O3. The van der Waals surface area contributed by atoms with Gasteiger partial charge in [-0.25, -0.2) is 0 Å². The molecule has 2 fully saturated rings. The molecule has 0 spiro atoms. The Morgan fingerprint density at radius 3 is 2.35 bits per heavy atom. The standard InChI is InChI=1S/C25H31N3O3/c1-18-9-3-4-10-19(18)15-26-24(30)21-16-28(20-11-5-6-12-20)17-22(23(21)29)25(31)27-13-7-2-8-14-27/h3-4,9-10,16-17,20H,2,5-8,11-15H2,1H3,(H,26,30). The van der Waals surface area contributed by atoms with Crippen molar-refractivity contribution in [1.29, 1.82) is 0 Å². The molecule has 2 aromatic rings. The van der Waals surface area contributed by atoms with Gasteiger partial charge < -0.3 is 14.8 Å². The number of amides is 2. The number of hydrogen-bond donors (Lipinski definition) is 1. The molecule has 2 heterocycles. The van der Waals surface area contributed by atoms with E-state index in [0.29, 0.717) is 19.6 Å². The molecular weight excluding hydrogens is 390 g/mol. The fourth-order valence-electron chi connectivity index (χ4n) is 4.67. The van der Waals surface area contributed by atoms with Gasteiger partial charge in [-0.15, -0.1) is 0 Å². The van der Waals surface area contributed by atoms with E-state index < -0.39 is 11.3 Å². The molecule has 31 heavy (non-hydrogen) atoms. The molecule has 1 aromatic carbocycles. The molecule has 6 heteroatoms. The Bertz CT molecular complexity index is 1010. The summed E-state index contributed by atoms with van der Waals surface area (Å²) in [7, 11) is 0. The zero-order valence-corrected chi connectivity index (χ0v) is 18.2. The average molecular weight is 422 g/mol. The van der Waals surface area contributed by atoms with Gasteiger partial charge in [0.25, 0.3) is 11.8 Å². The number of aryl methyl sites for hydroxylation is 1. The van der Waals surface area contributed by atoms with Crippen molar-refractivity contribution in [3.8, 4) is 0 Å². The highest BCUT2D eigenvalue weighted by atomic mass is 16.2. The molecule has 164 valence electrons. The molecule has 0 bridgehead atoms. The smallest absolute Gasteiger partial charge is 0.259 e. The predicted molar refractivity (Wildman–Crippen MR) is 120 cm³/mol. The Hall–Kier alpha value is -2.89. The first-order chi connectivity index (χ1) is 15.0. The van der Waals surface area contributed by atoms with Crippen molar-refractivity contribution >= 4 is 11.8 Å².